The summed E-state index contributed by atoms with van der Waals surface area (Å²) in [5.74, 6) is 0.124. The monoisotopic (exact) mass is 456 g/mol. The molecule has 0 aliphatic carbocycles. The molecular weight excluding hydrogens is 440 g/mol. The summed E-state index contributed by atoms with van der Waals surface area (Å²) in [6.07, 6.45) is 2.26. The van der Waals surface area contributed by atoms with Crippen molar-refractivity contribution in [3.8, 4) is 5.75 Å². The normalized spacial score (nSPS) is 13.8. The van der Waals surface area contributed by atoms with Crippen LogP contribution in [-0.2, 0) is 16.4 Å². The molecule has 1 heterocycles. The zero-order chi connectivity index (χ0) is 19.7. The molecule has 7 heteroatoms. The second-order valence-electron chi connectivity index (χ2n) is 6.41. The lowest BCUT2D eigenvalue weighted by atomic mass is 10.2. The van der Waals surface area contributed by atoms with E-state index in [-0.39, 0.29) is 10.6 Å². The Morgan fingerprint density at radius 3 is 2.57 bits per heavy atom. The van der Waals surface area contributed by atoms with Crippen LogP contribution in [-0.4, -0.2) is 26.3 Å². The van der Waals surface area contributed by atoms with Crippen LogP contribution in [0.3, 0.4) is 0 Å². The third-order valence-electron chi connectivity index (χ3n) is 4.61. The molecule has 3 aromatic carbocycles. The predicted molar refractivity (Wildman–Crippen MR) is 114 cm³/mol. The van der Waals surface area contributed by atoms with Gasteiger partial charge in [0.15, 0.2) is 0 Å². The van der Waals surface area contributed by atoms with Gasteiger partial charge in [0.25, 0.3) is 10.0 Å². The number of hydrogen-bond donors (Lipinski definition) is 1. The molecule has 0 spiro atoms. The quantitative estimate of drug-likeness (QED) is 0.580. The van der Waals surface area contributed by atoms with Crippen LogP contribution in [0.15, 0.2) is 81.1 Å². The summed E-state index contributed by atoms with van der Waals surface area (Å²) in [6.45, 7) is 0.448. The van der Waals surface area contributed by atoms with Crippen LogP contribution in [0, 0.1) is 0 Å². The van der Waals surface area contributed by atoms with Crippen LogP contribution >= 0.6 is 15.9 Å². The minimum absolute atomic E-state index is 0.124. The van der Waals surface area contributed by atoms with Crippen LogP contribution in [0.4, 0.5) is 11.4 Å². The number of sulfonamides is 1. The average Bonchev–Trinajstić information content (AvgIpc) is 3.14. The zero-order valence-corrected chi connectivity index (χ0v) is 17.2. The minimum Gasteiger partial charge on any atom is -0.507 e. The Kier molecular flexibility index (Phi) is 4.95. The number of aliphatic imine (C=N–C) groups is 1. The highest BCUT2D eigenvalue weighted by Gasteiger charge is 2.30. The standard InChI is InChI=1S/C21H17BrN2O3S/c22-17-5-10-21(25)16(13-17)14-23-18-6-8-19(9-7-18)28(26,27)24-12-11-15-3-1-2-4-20(15)24/h1-10,13-14,25H,11-12H2. The highest BCUT2D eigenvalue weighted by molar-refractivity contribution is 9.10. The number of hydrogen-bond acceptors (Lipinski definition) is 4. The number of para-hydroxylation sites is 1. The van der Waals surface area contributed by atoms with Gasteiger partial charge in [-0.25, -0.2) is 8.42 Å². The topological polar surface area (TPSA) is 70.0 Å². The lowest BCUT2D eigenvalue weighted by molar-refractivity contribution is 0.474. The Morgan fingerprint density at radius 2 is 1.79 bits per heavy atom. The fourth-order valence-electron chi connectivity index (χ4n) is 3.16. The summed E-state index contributed by atoms with van der Waals surface area (Å²) in [6, 6.07) is 19.1. The first-order valence-corrected chi connectivity index (χ1v) is 10.9. The summed E-state index contributed by atoms with van der Waals surface area (Å²) in [5, 5.41) is 9.87. The lowest BCUT2D eigenvalue weighted by Crippen LogP contribution is -2.29. The molecule has 0 radical (unpaired) electrons. The van der Waals surface area contributed by atoms with Crippen molar-refractivity contribution in [1.29, 1.82) is 0 Å². The number of halogens is 1. The molecule has 1 aliphatic heterocycles. The van der Waals surface area contributed by atoms with Crippen LogP contribution < -0.4 is 4.31 Å². The predicted octanol–water partition coefficient (Wildman–Crippen LogP) is 4.66. The van der Waals surface area contributed by atoms with Gasteiger partial charge in [0.2, 0.25) is 0 Å². The molecule has 3 aromatic rings. The first-order valence-electron chi connectivity index (χ1n) is 8.68. The minimum atomic E-state index is -3.61. The van der Waals surface area contributed by atoms with E-state index in [1.807, 2.05) is 24.3 Å². The first-order chi connectivity index (χ1) is 13.4. The van der Waals surface area contributed by atoms with E-state index in [1.54, 1.807) is 48.7 Å². The number of anilines is 1. The van der Waals surface area contributed by atoms with E-state index in [1.165, 1.54) is 4.31 Å². The van der Waals surface area contributed by atoms with Crippen molar-refractivity contribution >= 4 is 43.5 Å². The molecule has 142 valence electrons. The van der Waals surface area contributed by atoms with Gasteiger partial charge < -0.3 is 5.11 Å². The van der Waals surface area contributed by atoms with Gasteiger partial charge in [-0.2, -0.15) is 0 Å². The number of rotatable bonds is 4. The van der Waals surface area contributed by atoms with Gasteiger partial charge in [-0.1, -0.05) is 34.1 Å². The van der Waals surface area contributed by atoms with Crippen molar-refractivity contribution < 1.29 is 13.5 Å². The van der Waals surface area contributed by atoms with Gasteiger partial charge in [0.1, 0.15) is 5.75 Å². The maximum Gasteiger partial charge on any atom is 0.264 e. The molecule has 0 amide bonds. The Morgan fingerprint density at radius 1 is 1.04 bits per heavy atom. The molecule has 0 bridgehead atoms. The highest BCUT2D eigenvalue weighted by atomic mass is 79.9. The number of fused-ring (bicyclic) bond motifs is 1. The molecule has 1 N–H and O–H groups in total. The van der Waals surface area contributed by atoms with Crippen LogP contribution in [0.25, 0.3) is 0 Å². The molecule has 28 heavy (non-hydrogen) atoms. The zero-order valence-electron chi connectivity index (χ0n) is 14.8. The fourth-order valence-corrected chi connectivity index (χ4v) is 5.04. The van der Waals surface area contributed by atoms with Gasteiger partial charge in [-0.05, 0) is 60.5 Å². The van der Waals surface area contributed by atoms with Gasteiger partial charge in [-0.3, -0.25) is 9.30 Å². The Labute approximate surface area is 172 Å². The second-order valence-corrected chi connectivity index (χ2v) is 9.19. The number of benzene rings is 3. The van der Waals surface area contributed by atoms with Crippen LogP contribution in [0.1, 0.15) is 11.1 Å². The maximum absolute atomic E-state index is 13.0. The van der Waals surface area contributed by atoms with Gasteiger partial charge >= 0.3 is 0 Å². The number of phenols is 1. The molecule has 0 unspecified atom stereocenters. The van der Waals surface area contributed by atoms with E-state index in [9.17, 15) is 13.5 Å². The van der Waals surface area contributed by atoms with Crippen molar-refractivity contribution in [3.63, 3.8) is 0 Å². The number of phenolic OH excluding ortho intramolecular Hbond substituents is 1. The maximum atomic E-state index is 13.0. The van der Waals surface area contributed by atoms with E-state index >= 15 is 0 Å². The molecule has 0 saturated carbocycles. The Bertz CT molecular complexity index is 1160. The van der Waals surface area contributed by atoms with Crippen LogP contribution in [0.5, 0.6) is 5.75 Å². The van der Waals surface area contributed by atoms with E-state index in [4.69, 9.17) is 0 Å². The first kappa shape index (κ1) is 18.7. The SMILES string of the molecule is O=S(=O)(c1ccc(N=Cc2cc(Br)ccc2O)cc1)N1CCc2ccccc21. The van der Waals surface area contributed by atoms with Crippen molar-refractivity contribution in [3.05, 3.63) is 82.3 Å². The second kappa shape index (κ2) is 7.41. The van der Waals surface area contributed by atoms with E-state index in [0.717, 1.165) is 15.7 Å². The highest BCUT2D eigenvalue weighted by Crippen LogP contribution is 2.33. The average molecular weight is 457 g/mol. The number of aromatic hydroxyl groups is 1. The largest absolute Gasteiger partial charge is 0.507 e. The summed E-state index contributed by atoms with van der Waals surface area (Å²) in [7, 11) is -3.61. The number of nitrogens with zero attached hydrogens (tertiary/aromatic N) is 2. The van der Waals surface area contributed by atoms with Gasteiger partial charge in [-0.15, -0.1) is 0 Å². The lowest BCUT2D eigenvalue weighted by Gasteiger charge is -2.19. The summed E-state index contributed by atoms with van der Waals surface area (Å²) in [5.41, 5.74) is 2.95. The molecule has 1 aliphatic rings. The smallest absolute Gasteiger partial charge is 0.264 e. The molecule has 0 saturated heterocycles. The Hall–Kier alpha value is -2.64. The summed E-state index contributed by atoms with van der Waals surface area (Å²) >= 11 is 3.35. The molecule has 0 aromatic heterocycles. The molecule has 5 nitrogen and oxygen atoms in total. The fraction of sp³-hybridized carbons (Fsp3) is 0.0952. The molecule has 0 fully saturated rings. The molecule has 4 rings (SSSR count). The van der Waals surface area contributed by atoms with Crippen molar-refractivity contribution in [2.75, 3.05) is 10.8 Å². The third kappa shape index (κ3) is 3.55. The van der Waals surface area contributed by atoms with Crippen LogP contribution in [0.2, 0.25) is 0 Å². The third-order valence-corrected chi connectivity index (χ3v) is 6.93. The summed E-state index contributed by atoms with van der Waals surface area (Å²) < 4.78 is 28.3. The van der Waals surface area contributed by atoms with Gasteiger partial charge in [0, 0.05) is 22.8 Å². The van der Waals surface area contributed by atoms with E-state index in [0.29, 0.717) is 24.2 Å². The van der Waals surface area contributed by atoms with Crippen molar-refractivity contribution in [2.24, 2.45) is 4.99 Å². The summed E-state index contributed by atoms with van der Waals surface area (Å²) in [4.78, 5) is 4.55. The van der Waals surface area contributed by atoms with Crippen molar-refractivity contribution in [1.82, 2.24) is 0 Å². The van der Waals surface area contributed by atoms with E-state index in [2.05, 4.69) is 20.9 Å². The molecule has 0 atom stereocenters. The Balaban J connectivity index is 1.58. The van der Waals surface area contributed by atoms with Crippen molar-refractivity contribution in [2.45, 2.75) is 11.3 Å². The van der Waals surface area contributed by atoms with E-state index < -0.39 is 10.0 Å². The molecular formula is C21H17BrN2O3S. The van der Waals surface area contributed by atoms with Gasteiger partial charge in [0.05, 0.1) is 16.3 Å².